The highest BCUT2D eigenvalue weighted by Crippen LogP contribution is 2.19. The van der Waals surface area contributed by atoms with Crippen LogP contribution in [0, 0.1) is 5.92 Å². The highest BCUT2D eigenvalue weighted by Gasteiger charge is 2.27. The number of piperidine rings is 1. The van der Waals surface area contributed by atoms with Crippen molar-refractivity contribution in [1.82, 2.24) is 14.7 Å². The van der Waals surface area contributed by atoms with E-state index in [4.69, 9.17) is 0 Å². The van der Waals surface area contributed by atoms with Gasteiger partial charge in [-0.25, -0.2) is 4.79 Å². The third kappa shape index (κ3) is 3.16. The molecule has 2 rings (SSSR count). The fourth-order valence-electron chi connectivity index (χ4n) is 3.21. The SMILES string of the molecule is CC1CCCN(C(=O)N(C)CC2CCCN2C)C1. The van der Waals surface area contributed by atoms with E-state index in [0.717, 1.165) is 26.1 Å². The summed E-state index contributed by atoms with van der Waals surface area (Å²) in [5.41, 5.74) is 0. The summed E-state index contributed by atoms with van der Waals surface area (Å²) in [5.74, 6) is 0.658. The molecule has 2 unspecified atom stereocenters. The molecule has 0 N–H and O–H groups in total. The molecule has 0 aliphatic carbocycles. The van der Waals surface area contributed by atoms with E-state index in [0.29, 0.717) is 12.0 Å². The van der Waals surface area contributed by atoms with Crippen molar-refractivity contribution in [3.63, 3.8) is 0 Å². The van der Waals surface area contributed by atoms with Crippen LogP contribution in [0.5, 0.6) is 0 Å². The monoisotopic (exact) mass is 253 g/mol. The minimum Gasteiger partial charge on any atom is -0.326 e. The molecule has 2 aliphatic heterocycles. The average Bonchev–Trinajstić information content (AvgIpc) is 2.74. The number of likely N-dealkylation sites (tertiary alicyclic amines) is 2. The molecule has 0 spiro atoms. The van der Waals surface area contributed by atoms with Gasteiger partial charge in [0.2, 0.25) is 0 Å². The van der Waals surface area contributed by atoms with Gasteiger partial charge in [0.15, 0.2) is 0 Å². The number of amides is 2. The summed E-state index contributed by atoms with van der Waals surface area (Å²) in [7, 11) is 4.12. The molecule has 2 atom stereocenters. The molecule has 0 radical (unpaired) electrons. The summed E-state index contributed by atoms with van der Waals surface area (Å²) in [5, 5.41) is 0. The topological polar surface area (TPSA) is 26.8 Å². The van der Waals surface area contributed by atoms with Crippen LogP contribution < -0.4 is 0 Å². The second-order valence-corrected chi connectivity index (χ2v) is 6.13. The third-order valence-corrected chi connectivity index (χ3v) is 4.41. The molecule has 0 saturated carbocycles. The second-order valence-electron chi connectivity index (χ2n) is 6.13. The normalized spacial score (nSPS) is 29.6. The smallest absolute Gasteiger partial charge is 0.319 e. The predicted octanol–water partition coefficient (Wildman–Crippen LogP) is 1.86. The second kappa shape index (κ2) is 5.91. The number of nitrogens with zero attached hydrogens (tertiary/aromatic N) is 3. The molecular weight excluding hydrogens is 226 g/mol. The van der Waals surface area contributed by atoms with Crippen molar-refractivity contribution in [2.45, 2.75) is 38.6 Å². The van der Waals surface area contributed by atoms with E-state index in [-0.39, 0.29) is 6.03 Å². The van der Waals surface area contributed by atoms with Gasteiger partial charge in [0.25, 0.3) is 0 Å². The Morgan fingerprint density at radius 3 is 2.61 bits per heavy atom. The highest BCUT2D eigenvalue weighted by atomic mass is 16.2. The van der Waals surface area contributed by atoms with Gasteiger partial charge in [0, 0.05) is 32.7 Å². The number of carbonyl (C=O) groups is 1. The van der Waals surface area contributed by atoms with Crippen LogP contribution in [-0.4, -0.2) is 67.0 Å². The van der Waals surface area contributed by atoms with Gasteiger partial charge in [0.05, 0.1) is 0 Å². The van der Waals surface area contributed by atoms with Crippen molar-refractivity contribution in [3.8, 4) is 0 Å². The first-order valence-electron chi connectivity index (χ1n) is 7.28. The largest absolute Gasteiger partial charge is 0.326 e. The van der Waals surface area contributed by atoms with Gasteiger partial charge in [-0.05, 0) is 45.2 Å². The van der Waals surface area contributed by atoms with Gasteiger partial charge in [-0.15, -0.1) is 0 Å². The summed E-state index contributed by atoms with van der Waals surface area (Å²) < 4.78 is 0. The maximum absolute atomic E-state index is 12.4. The molecule has 2 fully saturated rings. The summed E-state index contributed by atoms with van der Waals surface area (Å²) in [6.45, 7) is 6.16. The fourth-order valence-corrected chi connectivity index (χ4v) is 3.21. The van der Waals surface area contributed by atoms with Crippen LogP contribution in [-0.2, 0) is 0 Å². The summed E-state index contributed by atoms with van der Waals surface area (Å²) >= 11 is 0. The Kier molecular flexibility index (Phi) is 4.49. The molecule has 104 valence electrons. The van der Waals surface area contributed by atoms with E-state index >= 15 is 0 Å². The number of hydrogen-bond acceptors (Lipinski definition) is 2. The fraction of sp³-hybridized carbons (Fsp3) is 0.929. The van der Waals surface area contributed by atoms with Crippen molar-refractivity contribution in [2.24, 2.45) is 5.92 Å². The maximum Gasteiger partial charge on any atom is 0.319 e. The number of carbonyl (C=O) groups excluding carboxylic acids is 1. The molecule has 2 aliphatic rings. The van der Waals surface area contributed by atoms with Crippen LogP contribution in [0.25, 0.3) is 0 Å². The molecule has 4 nitrogen and oxygen atoms in total. The van der Waals surface area contributed by atoms with Crippen LogP contribution in [0.2, 0.25) is 0 Å². The van der Waals surface area contributed by atoms with Gasteiger partial charge in [-0.2, -0.15) is 0 Å². The summed E-state index contributed by atoms with van der Waals surface area (Å²) in [6.07, 6.45) is 4.91. The van der Waals surface area contributed by atoms with Gasteiger partial charge >= 0.3 is 6.03 Å². The minimum atomic E-state index is 0.224. The Morgan fingerprint density at radius 2 is 2.00 bits per heavy atom. The van der Waals surface area contributed by atoms with Gasteiger partial charge in [0.1, 0.15) is 0 Å². The lowest BCUT2D eigenvalue weighted by Crippen LogP contribution is -2.48. The Hall–Kier alpha value is -0.770. The lowest BCUT2D eigenvalue weighted by molar-refractivity contribution is 0.130. The molecule has 2 amide bonds. The van der Waals surface area contributed by atoms with Gasteiger partial charge in [-0.1, -0.05) is 6.92 Å². The third-order valence-electron chi connectivity index (χ3n) is 4.41. The number of hydrogen-bond donors (Lipinski definition) is 0. The van der Waals surface area contributed by atoms with Crippen LogP contribution in [0.3, 0.4) is 0 Å². The lowest BCUT2D eigenvalue weighted by Gasteiger charge is -2.35. The molecule has 0 bridgehead atoms. The average molecular weight is 253 g/mol. The maximum atomic E-state index is 12.4. The zero-order valence-corrected chi connectivity index (χ0v) is 12.1. The van der Waals surface area contributed by atoms with Gasteiger partial charge in [-0.3, -0.25) is 0 Å². The Labute approximate surface area is 111 Å². The summed E-state index contributed by atoms with van der Waals surface area (Å²) in [6, 6.07) is 0.781. The Morgan fingerprint density at radius 1 is 1.28 bits per heavy atom. The van der Waals surface area contributed by atoms with Crippen molar-refractivity contribution in [1.29, 1.82) is 0 Å². The van der Waals surface area contributed by atoms with Crippen LogP contribution in [0.15, 0.2) is 0 Å². The molecule has 0 aromatic heterocycles. The predicted molar refractivity (Wildman–Crippen MR) is 73.6 cm³/mol. The number of urea groups is 1. The molecule has 2 saturated heterocycles. The van der Waals surface area contributed by atoms with E-state index in [9.17, 15) is 4.79 Å². The molecule has 18 heavy (non-hydrogen) atoms. The molecular formula is C14H27N3O. The van der Waals surface area contributed by atoms with Crippen LogP contribution in [0.1, 0.15) is 32.6 Å². The first-order valence-corrected chi connectivity index (χ1v) is 7.28. The van der Waals surface area contributed by atoms with Crippen molar-refractivity contribution < 1.29 is 4.79 Å². The molecule has 2 heterocycles. The van der Waals surface area contributed by atoms with Crippen molar-refractivity contribution in [2.75, 3.05) is 40.3 Å². The van der Waals surface area contributed by atoms with E-state index in [2.05, 4.69) is 18.9 Å². The van der Waals surface area contributed by atoms with E-state index in [1.807, 2.05) is 16.8 Å². The highest BCUT2D eigenvalue weighted by molar-refractivity contribution is 5.74. The standard InChI is InChI=1S/C14H27N3O/c1-12-6-4-9-17(10-12)14(18)16(3)11-13-7-5-8-15(13)2/h12-13H,4-11H2,1-3H3. The Bertz CT molecular complexity index is 295. The number of rotatable bonds is 2. The molecule has 4 heteroatoms. The first-order chi connectivity index (χ1) is 8.58. The molecule has 0 aromatic rings. The first kappa shape index (κ1) is 13.7. The number of likely N-dealkylation sites (N-methyl/N-ethyl adjacent to an activating group) is 2. The van der Waals surface area contributed by atoms with E-state index in [1.54, 1.807) is 0 Å². The zero-order chi connectivity index (χ0) is 13.1. The van der Waals surface area contributed by atoms with Crippen LogP contribution >= 0.6 is 0 Å². The van der Waals surface area contributed by atoms with Crippen molar-refractivity contribution in [3.05, 3.63) is 0 Å². The van der Waals surface area contributed by atoms with Crippen molar-refractivity contribution >= 4 is 6.03 Å². The van der Waals surface area contributed by atoms with E-state index < -0.39 is 0 Å². The minimum absolute atomic E-state index is 0.224. The van der Waals surface area contributed by atoms with Crippen LogP contribution in [0.4, 0.5) is 4.79 Å². The Balaban J connectivity index is 1.84. The zero-order valence-electron chi connectivity index (χ0n) is 12.1. The van der Waals surface area contributed by atoms with E-state index in [1.165, 1.54) is 25.8 Å². The van der Waals surface area contributed by atoms with Gasteiger partial charge < -0.3 is 14.7 Å². The molecule has 0 aromatic carbocycles. The lowest BCUT2D eigenvalue weighted by atomic mass is 10.0. The summed E-state index contributed by atoms with van der Waals surface area (Å²) in [4.78, 5) is 18.7. The quantitative estimate of drug-likeness (QED) is 0.751.